The van der Waals surface area contributed by atoms with Crippen LogP contribution in [0.15, 0.2) is 0 Å². The summed E-state index contributed by atoms with van der Waals surface area (Å²) in [6, 6.07) is 0. The van der Waals surface area contributed by atoms with Crippen LogP contribution in [0.2, 0.25) is 0 Å². The lowest BCUT2D eigenvalue weighted by Gasteiger charge is -2.00. The van der Waals surface area contributed by atoms with Crippen molar-refractivity contribution in [3.05, 3.63) is 17.0 Å². The highest BCUT2D eigenvalue weighted by Gasteiger charge is 2.21. The molecule has 0 spiro atoms. The van der Waals surface area contributed by atoms with E-state index in [9.17, 15) is 4.79 Å². The second kappa shape index (κ2) is 7.19. The number of carbonyl (C=O) groups is 1. The van der Waals surface area contributed by atoms with Gasteiger partial charge < -0.3 is 4.74 Å². The first-order valence-corrected chi connectivity index (χ1v) is 6.97. The molecule has 0 N–H and O–H groups in total. The van der Waals surface area contributed by atoms with E-state index in [1.165, 1.54) is 18.5 Å². The van der Waals surface area contributed by atoms with Crippen molar-refractivity contribution in [2.24, 2.45) is 0 Å². The zero-order valence-corrected chi connectivity index (χ0v) is 12.0. The Bertz CT molecular complexity index is 397. The van der Waals surface area contributed by atoms with Gasteiger partial charge in [0.2, 0.25) is 0 Å². The maximum atomic E-state index is 11.7. The van der Waals surface area contributed by atoms with E-state index in [2.05, 4.69) is 5.10 Å². The lowest BCUT2D eigenvalue weighted by molar-refractivity contribution is 0.0517. The molecule has 0 saturated carbocycles. The van der Waals surface area contributed by atoms with E-state index in [1.54, 1.807) is 0 Å². The fourth-order valence-electron chi connectivity index (χ4n) is 2.21. The molecule has 0 unspecified atom stereocenters. The predicted octanol–water partition coefficient (Wildman–Crippen LogP) is 3.12. The monoisotopic (exact) mass is 252 g/mol. The molecule has 0 radical (unpaired) electrons. The minimum absolute atomic E-state index is 0.291. The molecule has 0 saturated heterocycles. The van der Waals surface area contributed by atoms with Gasteiger partial charge in [0.1, 0.15) is 0 Å². The quantitative estimate of drug-likeness (QED) is 0.760. The van der Waals surface area contributed by atoms with Gasteiger partial charge in [-0.25, -0.2) is 4.79 Å². The van der Waals surface area contributed by atoms with E-state index in [-0.39, 0.29) is 5.97 Å². The number of esters is 1. The number of aromatic nitrogens is 2. The second-order valence-electron chi connectivity index (χ2n) is 4.17. The van der Waals surface area contributed by atoms with Crippen LogP contribution in [0.1, 0.15) is 61.8 Å². The summed E-state index contributed by atoms with van der Waals surface area (Å²) >= 11 is 0. The van der Waals surface area contributed by atoms with Crippen molar-refractivity contribution in [2.45, 2.75) is 59.9 Å². The second-order valence-corrected chi connectivity index (χ2v) is 4.17. The Morgan fingerprint density at radius 2 is 2.06 bits per heavy atom. The zero-order valence-electron chi connectivity index (χ0n) is 12.0. The predicted molar refractivity (Wildman–Crippen MR) is 71.8 cm³/mol. The Labute approximate surface area is 109 Å². The van der Waals surface area contributed by atoms with Crippen molar-refractivity contribution >= 4 is 5.97 Å². The molecule has 2 heterocycles. The number of ether oxygens (including phenoxy) is 1. The van der Waals surface area contributed by atoms with Gasteiger partial charge >= 0.3 is 5.97 Å². The summed E-state index contributed by atoms with van der Waals surface area (Å²) in [7, 11) is 0. The molecule has 0 aromatic carbocycles. The third-order valence-corrected chi connectivity index (χ3v) is 3.07. The number of fused-ring (bicyclic) bond motifs is 1. The van der Waals surface area contributed by atoms with Crippen molar-refractivity contribution in [3.63, 3.8) is 0 Å². The van der Waals surface area contributed by atoms with Crippen molar-refractivity contribution < 1.29 is 9.53 Å². The molecular weight excluding hydrogens is 228 g/mol. The maximum Gasteiger partial charge on any atom is 0.359 e. The van der Waals surface area contributed by atoms with Gasteiger partial charge in [0, 0.05) is 17.8 Å². The Kier molecular flexibility index (Phi) is 5.89. The van der Waals surface area contributed by atoms with Crippen LogP contribution >= 0.6 is 0 Å². The van der Waals surface area contributed by atoms with Gasteiger partial charge in [-0.05, 0) is 33.1 Å². The van der Waals surface area contributed by atoms with E-state index < -0.39 is 0 Å². The number of aryl methyl sites for hydroxylation is 1. The van der Waals surface area contributed by atoms with Crippen LogP contribution in [-0.4, -0.2) is 22.4 Å². The first-order chi connectivity index (χ1) is 8.74. The van der Waals surface area contributed by atoms with E-state index in [4.69, 9.17) is 4.74 Å². The Morgan fingerprint density at radius 1 is 1.33 bits per heavy atom. The van der Waals surface area contributed by atoms with Crippen molar-refractivity contribution in [1.82, 2.24) is 9.78 Å². The van der Waals surface area contributed by atoms with Gasteiger partial charge in [0.25, 0.3) is 0 Å². The van der Waals surface area contributed by atoms with E-state index in [0.717, 1.165) is 24.9 Å². The molecule has 1 aliphatic rings. The average molecular weight is 252 g/mol. The molecule has 4 heteroatoms. The third-order valence-electron chi connectivity index (χ3n) is 3.07. The summed E-state index contributed by atoms with van der Waals surface area (Å²) in [6.07, 6.45) is 4.61. The summed E-state index contributed by atoms with van der Waals surface area (Å²) in [5.74, 6) is -0.291. The SMILES string of the molecule is CC.CCOC(=O)c1nn2c(c1C)CCCCC2. The standard InChI is InChI=1S/C12H18N2O2.C2H6/c1-3-16-12(15)11-9(2)10-7-5-4-6-8-14(10)13-11;1-2/h3-8H2,1-2H3;1-2H3. The van der Waals surface area contributed by atoms with Gasteiger partial charge in [-0.2, -0.15) is 5.10 Å². The largest absolute Gasteiger partial charge is 0.461 e. The summed E-state index contributed by atoms with van der Waals surface area (Å²) in [4.78, 5) is 11.7. The summed E-state index contributed by atoms with van der Waals surface area (Å²) in [6.45, 7) is 9.11. The molecule has 1 aromatic heterocycles. The Morgan fingerprint density at radius 3 is 2.72 bits per heavy atom. The highest BCUT2D eigenvalue weighted by atomic mass is 16.5. The van der Waals surface area contributed by atoms with Crippen LogP contribution in [0.4, 0.5) is 0 Å². The number of carbonyl (C=O) groups excluding carboxylic acids is 1. The van der Waals surface area contributed by atoms with Gasteiger partial charge in [0.15, 0.2) is 5.69 Å². The van der Waals surface area contributed by atoms with E-state index in [1.807, 2.05) is 32.4 Å². The molecule has 0 amide bonds. The van der Waals surface area contributed by atoms with E-state index in [0.29, 0.717) is 12.3 Å². The first-order valence-electron chi connectivity index (χ1n) is 6.97. The first kappa shape index (κ1) is 14.7. The molecule has 102 valence electrons. The summed E-state index contributed by atoms with van der Waals surface area (Å²) in [5.41, 5.74) is 2.71. The molecule has 1 aliphatic heterocycles. The fourth-order valence-corrected chi connectivity index (χ4v) is 2.21. The molecule has 1 aromatic rings. The van der Waals surface area contributed by atoms with Gasteiger partial charge in [0.05, 0.1) is 6.61 Å². The minimum atomic E-state index is -0.291. The van der Waals surface area contributed by atoms with Crippen molar-refractivity contribution in [2.75, 3.05) is 6.61 Å². The zero-order chi connectivity index (χ0) is 13.5. The molecule has 4 nitrogen and oxygen atoms in total. The van der Waals surface area contributed by atoms with Crippen LogP contribution in [-0.2, 0) is 17.7 Å². The molecule has 0 aliphatic carbocycles. The van der Waals surface area contributed by atoms with E-state index >= 15 is 0 Å². The molecule has 0 bridgehead atoms. The number of hydrogen-bond acceptors (Lipinski definition) is 3. The third kappa shape index (κ3) is 3.12. The topological polar surface area (TPSA) is 44.1 Å². The fraction of sp³-hybridized carbons (Fsp3) is 0.714. The smallest absolute Gasteiger partial charge is 0.359 e. The highest BCUT2D eigenvalue weighted by Crippen LogP contribution is 2.20. The van der Waals surface area contributed by atoms with Crippen LogP contribution < -0.4 is 0 Å². The normalized spacial score (nSPS) is 14.0. The van der Waals surface area contributed by atoms with Gasteiger partial charge in [-0.15, -0.1) is 0 Å². The average Bonchev–Trinajstić information content (AvgIpc) is 2.57. The lowest BCUT2D eigenvalue weighted by atomic mass is 10.1. The molecule has 2 rings (SSSR count). The van der Waals surface area contributed by atoms with Crippen LogP contribution in [0.25, 0.3) is 0 Å². The molecule has 18 heavy (non-hydrogen) atoms. The van der Waals surface area contributed by atoms with Gasteiger partial charge in [-0.3, -0.25) is 4.68 Å². The summed E-state index contributed by atoms with van der Waals surface area (Å²) < 4.78 is 6.98. The maximum absolute atomic E-state index is 11.7. The van der Waals surface area contributed by atoms with Crippen molar-refractivity contribution in [1.29, 1.82) is 0 Å². The van der Waals surface area contributed by atoms with Crippen LogP contribution in [0, 0.1) is 6.92 Å². The lowest BCUT2D eigenvalue weighted by Crippen LogP contribution is -2.08. The Balaban J connectivity index is 0.000000771. The van der Waals surface area contributed by atoms with Crippen LogP contribution in [0.3, 0.4) is 0 Å². The molecule has 0 fully saturated rings. The number of hydrogen-bond donors (Lipinski definition) is 0. The van der Waals surface area contributed by atoms with Crippen LogP contribution in [0.5, 0.6) is 0 Å². The number of nitrogens with zero attached hydrogens (tertiary/aromatic N) is 2. The minimum Gasteiger partial charge on any atom is -0.461 e. The highest BCUT2D eigenvalue weighted by molar-refractivity contribution is 5.89. The van der Waals surface area contributed by atoms with Crippen molar-refractivity contribution in [3.8, 4) is 0 Å². The molecule has 0 atom stereocenters. The Hall–Kier alpha value is -1.32. The van der Waals surface area contributed by atoms with Gasteiger partial charge in [-0.1, -0.05) is 20.3 Å². The summed E-state index contributed by atoms with van der Waals surface area (Å²) in [5, 5.41) is 4.37. The molecular formula is C14H24N2O2. The number of rotatable bonds is 2.